The van der Waals surface area contributed by atoms with Crippen molar-refractivity contribution in [3.8, 4) is 11.6 Å². The van der Waals surface area contributed by atoms with Gasteiger partial charge in [-0.3, -0.25) is 0 Å². The van der Waals surface area contributed by atoms with E-state index in [-0.39, 0.29) is 18.1 Å². The summed E-state index contributed by atoms with van der Waals surface area (Å²) in [5, 5.41) is 16.9. The molecule has 0 aliphatic carbocycles. The second kappa shape index (κ2) is 5.49. The zero-order chi connectivity index (χ0) is 14.7. The third-order valence-corrected chi connectivity index (χ3v) is 2.80. The molecule has 0 saturated heterocycles. The molecule has 0 fully saturated rings. The summed E-state index contributed by atoms with van der Waals surface area (Å²) in [4.78, 5) is 11.3. The minimum atomic E-state index is -1.11. The highest BCUT2D eigenvalue weighted by atomic mass is 16.5. The molecule has 2 aromatic heterocycles. The Bertz CT molecular complexity index is 735. The lowest BCUT2D eigenvalue weighted by molar-refractivity contribution is 0.0690. The predicted molar refractivity (Wildman–Crippen MR) is 71.4 cm³/mol. The molecule has 0 saturated carbocycles. The van der Waals surface area contributed by atoms with E-state index in [9.17, 15) is 9.90 Å². The van der Waals surface area contributed by atoms with Crippen LogP contribution in [0.15, 0.2) is 53.3 Å². The Kier molecular flexibility index (Phi) is 3.38. The lowest BCUT2D eigenvalue weighted by Crippen LogP contribution is -2.06. The van der Waals surface area contributed by atoms with Crippen LogP contribution in [0.4, 0.5) is 0 Å². The molecule has 0 aliphatic rings. The van der Waals surface area contributed by atoms with Gasteiger partial charge >= 0.3 is 5.97 Å². The summed E-state index contributed by atoms with van der Waals surface area (Å²) in [6, 6.07) is 10.8. The molecule has 7 heteroatoms. The third kappa shape index (κ3) is 2.62. The normalized spacial score (nSPS) is 10.5. The molecular formula is C14H11N3O4. The number of hydrogen-bond acceptors (Lipinski definition) is 5. The van der Waals surface area contributed by atoms with Gasteiger partial charge in [-0.2, -0.15) is 5.10 Å². The van der Waals surface area contributed by atoms with Crippen LogP contribution in [-0.2, 0) is 6.61 Å². The first-order chi connectivity index (χ1) is 10.3. The van der Waals surface area contributed by atoms with E-state index < -0.39 is 5.97 Å². The van der Waals surface area contributed by atoms with Gasteiger partial charge in [0.25, 0.3) is 0 Å². The van der Waals surface area contributed by atoms with E-state index in [0.29, 0.717) is 11.4 Å². The number of aromatic nitrogens is 3. The summed E-state index contributed by atoms with van der Waals surface area (Å²) >= 11 is 0. The first-order valence-electron chi connectivity index (χ1n) is 6.15. The molecule has 21 heavy (non-hydrogen) atoms. The number of carbonyl (C=O) groups is 1. The second-order valence-corrected chi connectivity index (χ2v) is 4.18. The molecule has 1 N–H and O–H groups in total. The van der Waals surface area contributed by atoms with Crippen molar-refractivity contribution in [2.45, 2.75) is 6.61 Å². The summed E-state index contributed by atoms with van der Waals surface area (Å²) < 4.78 is 11.9. The third-order valence-electron chi connectivity index (χ3n) is 2.80. The smallest absolute Gasteiger partial charge is 0.342 e. The number of carboxylic acid groups (broad SMARTS) is 1. The Balaban J connectivity index is 1.95. The largest absolute Gasteiger partial charge is 0.477 e. The summed E-state index contributed by atoms with van der Waals surface area (Å²) in [5.41, 5.74) is 0.691. The molecule has 0 radical (unpaired) electrons. The van der Waals surface area contributed by atoms with Crippen LogP contribution in [-0.4, -0.2) is 26.0 Å². The van der Waals surface area contributed by atoms with Crippen LogP contribution in [0, 0.1) is 0 Å². The van der Waals surface area contributed by atoms with Crippen molar-refractivity contribution in [3.63, 3.8) is 0 Å². The van der Waals surface area contributed by atoms with Crippen molar-refractivity contribution < 1.29 is 19.2 Å². The van der Waals surface area contributed by atoms with Crippen LogP contribution in [0.25, 0.3) is 5.69 Å². The maximum atomic E-state index is 11.3. The van der Waals surface area contributed by atoms with E-state index in [1.165, 1.54) is 17.1 Å². The van der Waals surface area contributed by atoms with Crippen LogP contribution in [0.2, 0.25) is 0 Å². The molecule has 3 rings (SSSR count). The van der Waals surface area contributed by atoms with Crippen molar-refractivity contribution in [3.05, 3.63) is 60.1 Å². The predicted octanol–water partition coefficient (Wildman–Crippen LogP) is 2.14. The summed E-state index contributed by atoms with van der Waals surface area (Å²) in [5.74, 6) is -0.470. The van der Waals surface area contributed by atoms with Gasteiger partial charge in [0.15, 0.2) is 12.4 Å². The monoisotopic (exact) mass is 285 g/mol. The number of para-hydroxylation sites is 1. The molecule has 0 unspecified atom stereocenters. The Labute approximate surface area is 119 Å². The highest BCUT2D eigenvalue weighted by Gasteiger charge is 2.19. The van der Waals surface area contributed by atoms with E-state index >= 15 is 0 Å². The van der Waals surface area contributed by atoms with Gasteiger partial charge in [-0.1, -0.05) is 23.4 Å². The van der Waals surface area contributed by atoms with Crippen molar-refractivity contribution >= 4 is 5.97 Å². The van der Waals surface area contributed by atoms with Crippen LogP contribution < -0.4 is 4.74 Å². The number of ether oxygens (including phenoxy) is 1. The van der Waals surface area contributed by atoms with Crippen LogP contribution in [0.5, 0.6) is 5.88 Å². The van der Waals surface area contributed by atoms with Gasteiger partial charge in [-0.15, -0.1) is 0 Å². The van der Waals surface area contributed by atoms with Crippen molar-refractivity contribution in [1.29, 1.82) is 0 Å². The highest BCUT2D eigenvalue weighted by Crippen LogP contribution is 2.23. The number of nitrogens with zero attached hydrogens (tertiary/aromatic N) is 3. The van der Waals surface area contributed by atoms with Gasteiger partial charge in [0, 0.05) is 6.07 Å². The maximum Gasteiger partial charge on any atom is 0.342 e. The summed E-state index contributed by atoms with van der Waals surface area (Å²) in [7, 11) is 0. The van der Waals surface area contributed by atoms with Crippen molar-refractivity contribution in [2.24, 2.45) is 0 Å². The molecule has 1 aromatic carbocycles. The molecule has 7 nitrogen and oxygen atoms in total. The standard InChI is InChI=1S/C14H11N3O4/c18-14(19)12-8-15-17(10-4-2-1-3-5-10)13(12)20-9-11-6-7-16-21-11/h1-8H,9H2,(H,18,19). The molecule has 0 spiro atoms. The molecular weight excluding hydrogens is 274 g/mol. The summed E-state index contributed by atoms with van der Waals surface area (Å²) in [6.45, 7) is 0.0683. The first-order valence-corrected chi connectivity index (χ1v) is 6.15. The van der Waals surface area contributed by atoms with E-state index in [1.54, 1.807) is 18.2 Å². The number of aromatic carboxylic acids is 1. The maximum absolute atomic E-state index is 11.3. The minimum Gasteiger partial charge on any atom is -0.477 e. The average molecular weight is 285 g/mol. The Morgan fingerprint density at radius 3 is 2.76 bits per heavy atom. The van der Waals surface area contributed by atoms with Gasteiger partial charge in [-0.05, 0) is 12.1 Å². The highest BCUT2D eigenvalue weighted by molar-refractivity contribution is 5.90. The van der Waals surface area contributed by atoms with Crippen molar-refractivity contribution in [1.82, 2.24) is 14.9 Å². The number of benzene rings is 1. The van der Waals surface area contributed by atoms with E-state index in [0.717, 1.165) is 0 Å². The van der Waals surface area contributed by atoms with E-state index in [2.05, 4.69) is 10.3 Å². The van der Waals surface area contributed by atoms with E-state index in [4.69, 9.17) is 9.26 Å². The molecule has 0 bridgehead atoms. The zero-order valence-electron chi connectivity index (χ0n) is 10.8. The Morgan fingerprint density at radius 2 is 2.10 bits per heavy atom. The van der Waals surface area contributed by atoms with Gasteiger partial charge in [-0.25, -0.2) is 9.48 Å². The van der Waals surface area contributed by atoms with E-state index in [1.807, 2.05) is 18.2 Å². The molecule has 106 valence electrons. The Hall–Kier alpha value is -3.09. The fourth-order valence-corrected chi connectivity index (χ4v) is 1.83. The molecule has 0 amide bonds. The van der Waals surface area contributed by atoms with Gasteiger partial charge in [0.2, 0.25) is 5.88 Å². The molecule has 0 atom stereocenters. The fourth-order valence-electron chi connectivity index (χ4n) is 1.83. The first kappa shape index (κ1) is 12.9. The number of hydrogen-bond donors (Lipinski definition) is 1. The van der Waals surface area contributed by atoms with Crippen molar-refractivity contribution in [2.75, 3.05) is 0 Å². The van der Waals surface area contributed by atoms with Crippen LogP contribution >= 0.6 is 0 Å². The number of rotatable bonds is 5. The lowest BCUT2D eigenvalue weighted by Gasteiger charge is -2.09. The Morgan fingerprint density at radius 1 is 1.29 bits per heavy atom. The number of carboxylic acids is 1. The fraction of sp³-hybridized carbons (Fsp3) is 0.0714. The van der Waals surface area contributed by atoms with Gasteiger partial charge in [0.1, 0.15) is 5.56 Å². The average Bonchev–Trinajstić information content (AvgIpc) is 3.15. The quantitative estimate of drug-likeness (QED) is 0.772. The SMILES string of the molecule is O=C(O)c1cnn(-c2ccccc2)c1OCc1ccno1. The molecule has 2 heterocycles. The second-order valence-electron chi connectivity index (χ2n) is 4.18. The minimum absolute atomic E-state index is 0.0154. The van der Waals surface area contributed by atoms with Gasteiger partial charge in [0.05, 0.1) is 18.1 Å². The topological polar surface area (TPSA) is 90.4 Å². The lowest BCUT2D eigenvalue weighted by atomic mass is 10.3. The van der Waals surface area contributed by atoms with Crippen LogP contribution in [0.3, 0.4) is 0 Å². The zero-order valence-corrected chi connectivity index (χ0v) is 10.8. The molecule has 0 aliphatic heterocycles. The summed E-state index contributed by atoms with van der Waals surface area (Å²) in [6.07, 6.45) is 2.75. The molecule has 3 aromatic rings. The van der Waals surface area contributed by atoms with Crippen LogP contribution in [0.1, 0.15) is 16.1 Å². The van der Waals surface area contributed by atoms with Gasteiger partial charge < -0.3 is 14.4 Å².